The first-order valence-electron chi connectivity index (χ1n) is 5.26. The summed E-state index contributed by atoms with van der Waals surface area (Å²) in [5.74, 6) is -0.113. The average molecular weight is 227 g/mol. The quantitative estimate of drug-likeness (QED) is 0.771. The van der Waals surface area contributed by atoms with Crippen molar-refractivity contribution in [2.24, 2.45) is 0 Å². The van der Waals surface area contributed by atoms with Gasteiger partial charge in [-0.05, 0) is 38.3 Å². The Morgan fingerprint density at radius 2 is 2.20 bits per heavy atom. The van der Waals surface area contributed by atoms with Crippen molar-refractivity contribution in [1.29, 1.82) is 0 Å². The third-order valence-corrected chi connectivity index (χ3v) is 3.16. The lowest BCUT2D eigenvalue weighted by molar-refractivity contribution is 0.519. The maximum Gasteiger partial charge on any atom is 0.129 e. The summed E-state index contributed by atoms with van der Waals surface area (Å²) in [7, 11) is 0. The largest absolute Gasteiger partial charge is 0.310 e. The number of thioether (sulfide) groups is 1. The summed E-state index contributed by atoms with van der Waals surface area (Å²) in [5.41, 5.74) is 0.790. The maximum atomic E-state index is 13.7. The van der Waals surface area contributed by atoms with Crippen LogP contribution >= 0.6 is 11.8 Å². The monoisotopic (exact) mass is 227 g/mol. The number of hydrogen-bond acceptors (Lipinski definition) is 2. The fourth-order valence-corrected chi connectivity index (χ4v) is 2.29. The molecule has 0 fully saturated rings. The predicted octanol–water partition coefficient (Wildman–Crippen LogP) is 3.61. The first kappa shape index (κ1) is 12.5. The first-order chi connectivity index (χ1) is 7.20. The summed E-state index contributed by atoms with van der Waals surface area (Å²) in [6, 6.07) is 5.33. The molecule has 1 unspecified atom stereocenters. The van der Waals surface area contributed by atoms with Crippen LogP contribution in [0.4, 0.5) is 4.39 Å². The molecule has 0 aliphatic rings. The van der Waals surface area contributed by atoms with Crippen LogP contribution in [-0.2, 0) is 0 Å². The number of halogens is 1. The molecule has 1 aromatic rings. The molecule has 1 atom stereocenters. The Morgan fingerprint density at radius 1 is 1.47 bits per heavy atom. The molecule has 1 rings (SSSR count). The Kier molecular flexibility index (Phi) is 5.12. The van der Waals surface area contributed by atoms with Gasteiger partial charge in [-0.25, -0.2) is 4.39 Å². The highest BCUT2D eigenvalue weighted by Crippen LogP contribution is 2.28. The Labute approximate surface area is 95.5 Å². The van der Waals surface area contributed by atoms with Crippen LogP contribution in [0.3, 0.4) is 0 Å². The lowest BCUT2D eigenvalue weighted by Gasteiger charge is -2.17. The topological polar surface area (TPSA) is 12.0 Å². The summed E-state index contributed by atoms with van der Waals surface area (Å²) in [5, 5.41) is 3.31. The van der Waals surface area contributed by atoms with Gasteiger partial charge in [0, 0.05) is 16.5 Å². The van der Waals surface area contributed by atoms with E-state index in [1.807, 2.05) is 19.2 Å². The molecule has 0 spiro atoms. The van der Waals surface area contributed by atoms with E-state index in [0.717, 1.165) is 23.4 Å². The van der Waals surface area contributed by atoms with Crippen molar-refractivity contribution in [1.82, 2.24) is 5.32 Å². The molecule has 0 saturated heterocycles. The fourth-order valence-electron chi connectivity index (χ4n) is 1.58. The minimum atomic E-state index is -0.113. The van der Waals surface area contributed by atoms with Gasteiger partial charge in [0.15, 0.2) is 0 Å². The molecule has 0 saturated carbocycles. The Morgan fingerprint density at radius 3 is 2.80 bits per heavy atom. The molecule has 0 aliphatic carbocycles. The third kappa shape index (κ3) is 3.21. The van der Waals surface area contributed by atoms with Crippen molar-refractivity contribution < 1.29 is 4.39 Å². The SMILES string of the molecule is CCCNC(C)c1c(F)cccc1SC. The molecule has 0 heterocycles. The second-order valence-corrected chi connectivity index (χ2v) is 4.38. The fraction of sp³-hybridized carbons (Fsp3) is 0.500. The molecule has 0 bridgehead atoms. The number of hydrogen-bond donors (Lipinski definition) is 1. The van der Waals surface area contributed by atoms with Gasteiger partial charge in [-0.3, -0.25) is 0 Å². The van der Waals surface area contributed by atoms with E-state index in [2.05, 4.69) is 12.2 Å². The van der Waals surface area contributed by atoms with E-state index in [9.17, 15) is 4.39 Å². The molecule has 0 aromatic heterocycles. The van der Waals surface area contributed by atoms with Gasteiger partial charge in [-0.2, -0.15) is 0 Å². The Bertz CT molecular complexity index is 314. The molecule has 15 heavy (non-hydrogen) atoms. The van der Waals surface area contributed by atoms with E-state index in [-0.39, 0.29) is 11.9 Å². The van der Waals surface area contributed by atoms with Crippen LogP contribution in [0.25, 0.3) is 0 Å². The normalized spacial score (nSPS) is 12.8. The number of benzene rings is 1. The lowest BCUT2D eigenvalue weighted by atomic mass is 10.1. The van der Waals surface area contributed by atoms with Gasteiger partial charge in [-0.1, -0.05) is 13.0 Å². The molecule has 1 nitrogen and oxygen atoms in total. The molecule has 1 N–H and O–H groups in total. The van der Waals surface area contributed by atoms with Gasteiger partial charge < -0.3 is 5.32 Å². The molecule has 84 valence electrons. The van der Waals surface area contributed by atoms with Crippen LogP contribution in [0.1, 0.15) is 31.9 Å². The van der Waals surface area contributed by atoms with Gasteiger partial charge in [-0.15, -0.1) is 11.8 Å². The highest BCUT2D eigenvalue weighted by Gasteiger charge is 2.13. The molecule has 3 heteroatoms. The van der Waals surface area contributed by atoms with Crippen molar-refractivity contribution in [2.45, 2.75) is 31.2 Å². The zero-order valence-electron chi connectivity index (χ0n) is 9.51. The number of nitrogens with one attached hydrogen (secondary N) is 1. The minimum absolute atomic E-state index is 0.0774. The second-order valence-electron chi connectivity index (χ2n) is 3.53. The van der Waals surface area contributed by atoms with Gasteiger partial charge in [0.1, 0.15) is 5.82 Å². The second kappa shape index (κ2) is 6.13. The summed E-state index contributed by atoms with van der Waals surface area (Å²) in [6.07, 6.45) is 3.04. The summed E-state index contributed by atoms with van der Waals surface area (Å²) < 4.78 is 13.7. The van der Waals surface area contributed by atoms with E-state index in [4.69, 9.17) is 0 Å². The van der Waals surface area contributed by atoms with Gasteiger partial charge in [0.2, 0.25) is 0 Å². The van der Waals surface area contributed by atoms with Crippen molar-refractivity contribution >= 4 is 11.8 Å². The summed E-state index contributed by atoms with van der Waals surface area (Å²) in [6.45, 7) is 5.04. The summed E-state index contributed by atoms with van der Waals surface area (Å²) in [4.78, 5) is 1.02. The van der Waals surface area contributed by atoms with Gasteiger partial charge in [0.05, 0.1) is 0 Å². The van der Waals surface area contributed by atoms with Crippen molar-refractivity contribution in [3.05, 3.63) is 29.6 Å². The van der Waals surface area contributed by atoms with Crippen molar-refractivity contribution in [3.63, 3.8) is 0 Å². The van der Waals surface area contributed by atoms with Crippen LogP contribution in [0.5, 0.6) is 0 Å². The van der Waals surface area contributed by atoms with E-state index >= 15 is 0 Å². The van der Waals surface area contributed by atoms with Crippen LogP contribution in [0, 0.1) is 5.82 Å². The molecular formula is C12H18FNS. The summed E-state index contributed by atoms with van der Waals surface area (Å²) >= 11 is 1.59. The van der Waals surface area contributed by atoms with Crippen LogP contribution in [0.2, 0.25) is 0 Å². The third-order valence-electron chi connectivity index (χ3n) is 2.37. The lowest BCUT2D eigenvalue weighted by Crippen LogP contribution is -2.20. The maximum absolute atomic E-state index is 13.7. The van der Waals surface area contributed by atoms with E-state index in [0.29, 0.717) is 0 Å². The molecular weight excluding hydrogens is 209 g/mol. The minimum Gasteiger partial charge on any atom is -0.310 e. The average Bonchev–Trinajstić information content (AvgIpc) is 2.25. The van der Waals surface area contributed by atoms with Crippen LogP contribution in [0.15, 0.2) is 23.1 Å². The highest BCUT2D eigenvalue weighted by atomic mass is 32.2. The van der Waals surface area contributed by atoms with Crippen LogP contribution in [-0.4, -0.2) is 12.8 Å². The standard InChI is InChI=1S/C12H18FNS/c1-4-8-14-9(2)12-10(13)6-5-7-11(12)15-3/h5-7,9,14H,4,8H2,1-3H3. The smallest absolute Gasteiger partial charge is 0.129 e. The Hall–Kier alpha value is -0.540. The van der Waals surface area contributed by atoms with E-state index < -0.39 is 0 Å². The van der Waals surface area contributed by atoms with Gasteiger partial charge in [0.25, 0.3) is 0 Å². The van der Waals surface area contributed by atoms with Crippen molar-refractivity contribution in [2.75, 3.05) is 12.8 Å². The Balaban J connectivity index is 2.90. The van der Waals surface area contributed by atoms with E-state index in [1.165, 1.54) is 6.07 Å². The first-order valence-corrected chi connectivity index (χ1v) is 6.49. The predicted molar refractivity (Wildman–Crippen MR) is 64.9 cm³/mol. The van der Waals surface area contributed by atoms with Crippen molar-refractivity contribution in [3.8, 4) is 0 Å². The molecule has 0 amide bonds. The van der Waals surface area contributed by atoms with Gasteiger partial charge >= 0.3 is 0 Å². The van der Waals surface area contributed by atoms with E-state index in [1.54, 1.807) is 17.8 Å². The number of rotatable bonds is 5. The molecule has 0 radical (unpaired) electrons. The zero-order chi connectivity index (χ0) is 11.3. The molecule has 0 aliphatic heterocycles. The zero-order valence-corrected chi connectivity index (χ0v) is 10.3. The van der Waals surface area contributed by atoms with Crippen LogP contribution < -0.4 is 5.32 Å². The highest BCUT2D eigenvalue weighted by molar-refractivity contribution is 7.98. The molecule has 1 aromatic carbocycles.